The van der Waals surface area contributed by atoms with Crippen LogP contribution in [0, 0.1) is 6.92 Å². The first-order valence-electron chi connectivity index (χ1n) is 5.43. The summed E-state index contributed by atoms with van der Waals surface area (Å²) in [6.07, 6.45) is 0. The number of halogens is 1. The van der Waals surface area contributed by atoms with Crippen LogP contribution in [0.4, 0.5) is 17.1 Å². The van der Waals surface area contributed by atoms with E-state index in [1.165, 1.54) is 5.56 Å². The molecular formula is C14H15BrN2. The fourth-order valence-electron chi connectivity index (χ4n) is 1.80. The van der Waals surface area contributed by atoms with E-state index in [0.29, 0.717) is 0 Å². The summed E-state index contributed by atoms with van der Waals surface area (Å²) in [4.78, 5) is 2.08. The molecule has 0 aliphatic heterocycles. The lowest BCUT2D eigenvalue weighted by Gasteiger charge is -2.21. The molecule has 17 heavy (non-hydrogen) atoms. The maximum absolute atomic E-state index is 6.04. The Bertz CT molecular complexity index is 537. The second kappa shape index (κ2) is 4.80. The second-order valence-electron chi connectivity index (χ2n) is 4.10. The van der Waals surface area contributed by atoms with Gasteiger partial charge >= 0.3 is 0 Å². The van der Waals surface area contributed by atoms with Crippen LogP contribution in [0.3, 0.4) is 0 Å². The van der Waals surface area contributed by atoms with Crippen molar-refractivity contribution in [1.29, 1.82) is 0 Å². The molecule has 0 saturated carbocycles. The minimum atomic E-state index is 0.799. The third kappa shape index (κ3) is 2.61. The van der Waals surface area contributed by atoms with Crippen LogP contribution in [-0.2, 0) is 0 Å². The molecule has 0 aromatic heterocycles. The highest BCUT2D eigenvalue weighted by Crippen LogP contribution is 2.30. The fourth-order valence-corrected chi connectivity index (χ4v) is 2.19. The average Bonchev–Trinajstić information content (AvgIpc) is 2.28. The maximum atomic E-state index is 6.04. The molecule has 0 bridgehead atoms. The van der Waals surface area contributed by atoms with Gasteiger partial charge in [-0.25, -0.2) is 0 Å². The van der Waals surface area contributed by atoms with Gasteiger partial charge in [0.05, 0.1) is 11.4 Å². The Hall–Kier alpha value is -1.48. The summed E-state index contributed by atoms with van der Waals surface area (Å²) in [6, 6.07) is 14.3. The molecule has 0 spiro atoms. The van der Waals surface area contributed by atoms with Gasteiger partial charge < -0.3 is 10.6 Å². The normalized spacial score (nSPS) is 10.3. The van der Waals surface area contributed by atoms with Gasteiger partial charge in [0.15, 0.2) is 0 Å². The fraction of sp³-hybridized carbons (Fsp3) is 0.143. The third-order valence-corrected chi connectivity index (χ3v) is 3.23. The smallest absolute Gasteiger partial charge is 0.0641 e. The summed E-state index contributed by atoms with van der Waals surface area (Å²) in [7, 11) is 2.02. The molecule has 0 aliphatic rings. The molecule has 2 rings (SSSR count). The van der Waals surface area contributed by atoms with E-state index in [1.54, 1.807) is 0 Å². The quantitative estimate of drug-likeness (QED) is 0.844. The minimum Gasteiger partial charge on any atom is -0.397 e. The van der Waals surface area contributed by atoms with Crippen LogP contribution in [0.25, 0.3) is 0 Å². The zero-order chi connectivity index (χ0) is 12.4. The highest BCUT2D eigenvalue weighted by molar-refractivity contribution is 9.10. The number of anilines is 3. The van der Waals surface area contributed by atoms with Crippen molar-refractivity contribution in [1.82, 2.24) is 0 Å². The van der Waals surface area contributed by atoms with Crippen LogP contribution in [0.2, 0.25) is 0 Å². The first kappa shape index (κ1) is 12.0. The van der Waals surface area contributed by atoms with E-state index in [0.717, 1.165) is 21.5 Å². The van der Waals surface area contributed by atoms with Crippen molar-refractivity contribution >= 4 is 33.0 Å². The standard InChI is InChI=1S/C14H15BrN2/c1-10-6-7-14(13(16)8-10)17(2)12-5-3-4-11(15)9-12/h3-9H,16H2,1-2H3. The Morgan fingerprint density at radius 1 is 1.12 bits per heavy atom. The molecule has 88 valence electrons. The number of rotatable bonds is 2. The van der Waals surface area contributed by atoms with Crippen LogP contribution in [0.1, 0.15) is 5.56 Å². The van der Waals surface area contributed by atoms with Gasteiger partial charge in [-0.1, -0.05) is 28.1 Å². The van der Waals surface area contributed by atoms with Crippen molar-refractivity contribution in [3.63, 3.8) is 0 Å². The number of nitrogens with zero attached hydrogens (tertiary/aromatic N) is 1. The van der Waals surface area contributed by atoms with Crippen LogP contribution < -0.4 is 10.6 Å². The van der Waals surface area contributed by atoms with Crippen molar-refractivity contribution in [3.8, 4) is 0 Å². The lowest BCUT2D eigenvalue weighted by atomic mass is 10.1. The lowest BCUT2D eigenvalue weighted by molar-refractivity contribution is 1.20. The minimum absolute atomic E-state index is 0.799. The molecule has 2 aromatic rings. The highest BCUT2D eigenvalue weighted by Gasteiger charge is 2.07. The van der Waals surface area contributed by atoms with Gasteiger partial charge in [0.2, 0.25) is 0 Å². The zero-order valence-corrected chi connectivity index (χ0v) is 11.5. The van der Waals surface area contributed by atoms with E-state index in [-0.39, 0.29) is 0 Å². The van der Waals surface area contributed by atoms with Gasteiger partial charge in [0, 0.05) is 17.2 Å². The number of nitrogen functional groups attached to an aromatic ring is 1. The number of benzene rings is 2. The van der Waals surface area contributed by atoms with Crippen molar-refractivity contribution in [2.24, 2.45) is 0 Å². The first-order valence-corrected chi connectivity index (χ1v) is 6.22. The topological polar surface area (TPSA) is 29.3 Å². The second-order valence-corrected chi connectivity index (χ2v) is 5.02. The molecule has 3 heteroatoms. The first-order chi connectivity index (χ1) is 8.08. The molecule has 0 amide bonds. The summed E-state index contributed by atoms with van der Waals surface area (Å²) in [5, 5.41) is 0. The Morgan fingerprint density at radius 3 is 2.53 bits per heavy atom. The Morgan fingerprint density at radius 2 is 1.88 bits per heavy atom. The molecule has 2 N–H and O–H groups in total. The number of aryl methyl sites for hydroxylation is 1. The number of hydrogen-bond donors (Lipinski definition) is 1. The summed E-state index contributed by atoms with van der Waals surface area (Å²) < 4.78 is 1.06. The summed E-state index contributed by atoms with van der Waals surface area (Å²) in [5.74, 6) is 0. The van der Waals surface area contributed by atoms with Crippen molar-refractivity contribution in [2.45, 2.75) is 6.92 Å². The largest absolute Gasteiger partial charge is 0.397 e. The van der Waals surface area contributed by atoms with Crippen molar-refractivity contribution in [3.05, 3.63) is 52.5 Å². The van der Waals surface area contributed by atoms with E-state index in [1.807, 2.05) is 38.2 Å². The van der Waals surface area contributed by atoms with E-state index in [4.69, 9.17) is 5.73 Å². The van der Waals surface area contributed by atoms with Gasteiger partial charge in [-0.2, -0.15) is 0 Å². The summed E-state index contributed by atoms with van der Waals surface area (Å²) >= 11 is 3.48. The molecular weight excluding hydrogens is 276 g/mol. The predicted molar refractivity (Wildman–Crippen MR) is 77.8 cm³/mol. The lowest BCUT2D eigenvalue weighted by Crippen LogP contribution is -2.11. The summed E-state index contributed by atoms with van der Waals surface area (Å²) in [5.41, 5.74) is 10.1. The Labute approximate surface area is 110 Å². The average molecular weight is 291 g/mol. The molecule has 0 saturated heterocycles. The zero-order valence-electron chi connectivity index (χ0n) is 9.94. The molecule has 0 heterocycles. The van der Waals surface area contributed by atoms with Gasteiger partial charge in [0.25, 0.3) is 0 Å². The van der Waals surface area contributed by atoms with Crippen molar-refractivity contribution < 1.29 is 0 Å². The molecule has 0 unspecified atom stereocenters. The monoisotopic (exact) mass is 290 g/mol. The van der Waals surface area contributed by atoms with E-state index in [2.05, 4.69) is 39.0 Å². The van der Waals surface area contributed by atoms with Crippen molar-refractivity contribution in [2.75, 3.05) is 17.7 Å². The number of hydrogen-bond acceptors (Lipinski definition) is 2. The molecule has 0 fully saturated rings. The predicted octanol–water partition coefficient (Wildman–Crippen LogP) is 4.11. The molecule has 0 radical (unpaired) electrons. The van der Waals surface area contributed by atoms with Crippen LogP contribution in [-0.4, -0.2) is 7.05 Å². The van der Waals surface area contributed by atoms with Gasteiger partial charge in [0.1, 0.15) is 0 Å². The Balaban J connectivity index is 2.40. The number of nitrogens with two attached hydrogens (primary N) is 1. The molecule has 0 aliphatic carbocycles. The maximum Gasteiger partial charge on any atom is 0.0641 e. The third-order valence-electron chi connectivity index (χ3n) is 2.74. The van der Waals surface area contributed by atoms with Crippen LogP contribution in [0.15, 0.2) is 46.9 Å². The molecule has 2 nitrogen and oxygen atoms in total. The van der Waals surface area contributed by atoms with Gasteiger partial charge in [-0.05, 0) is 42.8 Å². The van der Waals surface area contributed by atoms with E-state index >= 15 is 0 Å². The van der Waals surface area contributed by atoms with Gasteiger partial charge in [-0.15, -0.1) is 0 Å². The Kier molecular flexibility index (Phi) is 3.38. The van der Waals surface area contributed by atoms with E-state index in [9.17, 15) is 0 Å². The molecule has 2 aromatic carbocycles. The highest BCUT2D eigenvalue weighted by atomic mass is 79.9. The SMILES string of the molecule is Cc1ccc(N(C)c2cccc(Br)c2)c(N)c1. The van der Waals surface area contributed by atoms with E-state index < -0.39 is 0 Å². The summed E-state index contributed by atoms with van der Waals surface area (Å²) in [6.45, 7) is 2.04. The van der Waals surface area contributed by atoms with Crippen LogP contribution in [0.5, 0.6) is 0 Å². The molecule has 0 atom stereocenters. The van der Waals surface area contributed by atoms with Crippen LogP contribution >= 0.6 is 15.9 Å². The van der Waals surface area contributed by atoms with Gasteiger partial charge in [-0.3, -0.25) is 0 Å².